The summed E-state index contributed by atoms with van der Waals surface area (Å²) in [6.45, 7) is 8.15. The maximum atomic E-state index is 11.7. The highest BCUT2D eigenvalue weighted by Gasteiger charge is 2.18. The number of carbonyl (C=O) groups is 1. The number of nitrogens with two attached hydrogens (primary N) is 1. The van der Waals surface area contributed by atoms with Crippen molar-refractivity contribution >= 4 is 29.1 Å². The Morgan fingerprint density at radius 3 is 2.35 bits per heavy atom. The molecule has 0 aliphatic rings. The highest BCUT2D eigenvalue weighted by atomic mass is 35.5. The van der Waals surface area contributed by atoms with Gasteiger partial charge in [0, 0.05) is 40.3 Å². The van der Waals surface area contributed by atoms with Crippen LogP contribution in [-0.4, -0.2) is 33.2 Å². The average Bonchev–Trinajstić information content (AvgIpc) is 2.13. The molecular weight excluding hydrogens is 260 g/mol. The third-order valence-corrected chi connectivity index (χ3v) is 4.06. The van der Waals surface area contributed by atoms with Gasteiger partial charge in [-0.1, -0.05) is 0 Å². The number of rotatable bonds is 6. The molecule has 0 heterocycles. The lowest BCUT2D eigenvalue weighted by Gasteiger charge is -2.17. The van der Waals surface area contributed by atoms with Crippen molar-refractivity contribution in [3.05, 3.63) is 0 Å². The lowest BCUT2D eigenvalue weighted by molar-refractivity contribution is -0.121. The van der Waals surface area contributed by atoms with Gasteiger partial charge in [0.25, 0.3) is 0 Å². The van der Waals surface area contributed by atoms with Gasteiger partial charge in [-0.05, 0) is 34.1 Å². The molecule has 0 rings (SSSR count). The van der Waals surface area contributed by atoms with Crippen LogP contribution < -0.4 is 11.1 Å². The Balaban J connectivity index is 0. The molecule has 0 fully saturated rings. The molecule has 2 unspecified atom stereocenters. The summed E-state index contributed by atoms with van der Waals surface area (Å²) in [7, 11) is -0.906. The Kier molecular flexibility index (Phi) is 10.0. The fourth-order valence-electron chi connectivity index (χ4n) is 1.04. The minimum absolute atomic E-state index is 0. The summed E-state index contributed by atoms with van der Waals surface area (Å²) in [6, 6.07) is 0.0504. The highest BCUT2D eigenvalue weighted by Crippen LogP contribution is 2.10. The van der Waals surface area contributed by atoms with E-state index in [9.17, 15) is 9.00 Å². The molecule has 0 aromatic heterocycles. The van der Waals surface area contributed by atoms with E-state index in [1.807, 2.05) is 27.7 Å². The molecule has 0 radical (unpaired) electrons. The monoisotopic (exact) mass is 284 g/mol. The summed E-state index contributed by atoms with van der Waals surface area (Å²) in [5.41, 5.74) is 5.55. The largest absolute Gasteiger partial charge is 0.355 e. The van der Waals surface area contributed by atoms with Crippen LogP contribution in [0, 0.1) is 0 Å². The second kappa shape index (κ2) is 8.89. The molecule has 104 valence electrons. The number of amides is 1. The van der Waals surface area contributed by atoms with E-state index in [0.717, 1.165) is 0 Å². The molecule has 6 heteroatoms. The van der Waals surface area contributed by atoms with Crippen molar-refractivity contribution in [2.45, 2.75) is 51.3 Å². The first-order valence-electron chi connectivity index (χ1n) is 5.64. The molecular formula is C11H25ClN2O2S. The van der Waals surface area contributed by atoms with Crippen LogP contribution in [0.15, 0.2) is 0 Å². The molecule has 0 bridgehead atoms. The summed E-state index contributed by atoms with van der Waals surface area (Å²) >= 11 is 0. The Labute approximate surface area is 113 Å². The zero-order valence-electron chi connectivity index (χ0n) is 11.1. The van der Waals surface area contributed by atoms with E-state index in [-0.39, 0.29) is 29.1 Å². The van der Waals surface area contributed by atoms with Crippen LogP contribution in [0.4, 0.5) is 0 Å². The molecule has 0 aromatic carbocycles. The summed E-state index contributed by atoms with van der Waals surface area (Å²) in [5.74, 6) is 0.496. The summed E-state index contributed by atoms with van der Waals surface area (Å²) in [5, 5.41) is 2.75. The summed E-state index contributed by atoms with van der Waals surface area (Å²) in [6.07, 6.45) is 1.13. The van der Waals surface area contributed by atoms with Gasteiger partial charge in [0.05, 0.1) is 0 Å². The summed E-state index contributed by atoms with van der Waals surface area (Å²) in [4.78, 5) is 11.3. The molecule has 17 heavy (non-hydrogen) atoms. The van der Waals surface area contributed by atoms with Crippen molar-refractivity contribution in [2.24, 2.45) is 5.73 Å². The minimum Gasteiger partial charge on any atom is -0.355 e. The standard InChI is InChI=1S/C11H24N2O2S.ClH/c1-9(12)5-6-10(14)13-7-8-16(15)11(2,3)4;/h9H,5-8,12H2,1-4H3,(H,13,14);1H. The van der Waals surface area contributed by atoms with Gasteiger partial charge in [-0.15, -0.1) is 12.4 Å². The normalized spacial score (nSPS) is 14.6. The third-order valence-electron chi connectivity index (χ3n) is 2.12. The van der Waals surface area contributed by atoms with Crippen molar-refractivity contribution in [3.63, 3.8) is 0 Å². The van der Waals surface area contributed by atoms with Crippen molar-refractivity contribution in [1.29, 1.82) is 0 Å². The molecule has 1 amide bonds. The fraction of sp³-hybridized carbons (Fsp3) is 0.909. The van der Waals surface area contributed by atoms with Crippen LogP contribution in [0.2, 0.25) is 0 Å². The van der Waals surface area contributed by atoms with Gasteiger partial charge in [-0.2, -0.15) is 0 Å². The van der Waals surface area contributed by atoms with Crippen LogP contribution in [0.3, 0.4) is 0 Å². The zero-order chi connectivity index (χ0) is 12.8. The molecule has 3 N–H and O–H groups in total. The zero-order valence-corrected chi connectivity index (χ0v) is 12.7. The van der Waals surface area contributed by atoms with Gasteiger partial charge in [-0.25, -0.2) is 0 Å². The van der Waals surface area contributed by atoms with Crippen LogP contribution in [-0.2, 0) is 15.6 Å². The van der Waals surface area contributed by atoms with E-state index >= 15 is 0 Å². The third kappa shape index (κ3) is 10.7. The van der Waals surface area contributed by atoms with Crippen molar-refractivity contribution in [1.82, 2.24) is 5.32 Å². The van der Waals surface area contributed by atoms with E-state index in [4.69, 9.17) is 5.73 Å². The van der Waals surface area contributed by atoms with Gasteiger partial charge < -0.3 is 11.1 Å². The Morgan fingerprint density at radius 2 is 1.94 bits per heavy atom. The number of hydrogen-bond donors (Lipinski definition) is 2. The van der Waals surface area contributed by atoms with Gasteiger partial charge in [-0.3, -0.25) is 9.00 Å². The molecule has 2 atom stereocenters. The number of halogens is 1. The van der Waals surface area contributed by atoms with Gasteiger partial charge in [0.1, 0.15) is 0 Å². The smallest absolute Gasteiger partial charge is 0.220 e. The molecule has 0 spiro atoms. The topological polar surface area (TPSA) is 72.2 Å². The Hall–Kier alpha value is -0.130. The predicted octanol–water partition coefficient (Wildman–Crippen LogP) is 1.20. The van der Waals surface area contributed by atoms with E-state index in [2.05, 4.69) is 5.32 Å². The molecule has 4 nitrogen and oxygen atoms in total. The molecule has 0 aliphatic carbocycles. The van der Waals surface area contributed by atoms with E-state index in [1.165, 1.54) is 0 Å². The van der Waals surface area contributed by atoms with Crippen molar-refractivity contribution < 1.29 is 9.00 Å². The number of carbonyl (C=O) groups excluding carboxylic acids is 1. The van der Waals surface area contributed by atoms with Crippen LogP contribution >= 0.6 is 12.4 Å². The lowest BCUT2D eigenvalue weighted by atomic mass is 10.2. The first-order chi connectivity index (χ1) is 7.23. The maximum absolute atomic E-state index is 11.7. The Morgan fingerprint density at radius 1 is 1.41 bits per heavy atom. The summed E-state index contributed by atoms with van der Waals surface area (Å²) < 4.78 is 11.4. The van der Waals surface area contributed by atoms with Crippen LogP contribution in [0.1, 0.15) is 40.5 Å². The van der Waals surface area contributed by atoms with E-state index in [1.54, 1.807) is 0 Å². The van der Waals surface area contributed by atoms with Gasteiger partial charge in [0.2, 0.25) is 5.91 Å². The number of nitrogens with one attached hydrogen (secondary N) is 1. The minimum atomic E-state index is -0.906. The second-order valence-electron chi connectivity index (χ2n) is 5.03. The predicted molar refractivity (Wildman–Crippen MR) is 75.9 cm³/mol. The Bertz CT molecular complexity index is 252. The van der Waals surface area contributed by atoms with Crippen LogP contribution in [0.5, 0.6) is 0 Å². The van der Waals surface area contributed by atoms with Gasteiger partial charge in [0.15, 0.2) is 0 Å². The SMILES string of the molecule is CC(N)CCC(=O)NCCS(=O)C(C)(C)C.Cl. The highest BCUT2D eigenvalue weighted by molar-refractivity contribution is 7.86. The lowest BCUT2D eigenvalue weighted by Crippen LogP contribution is -2.33. The molecule has 0 aromatic rings. The second-order valence-corrected chi connectivity index (χ2v) is 7.35. The molecule has 0 saturated heterocycles. The average molecular weight is 285 g/mol. The van der Waals surface area contributed by atoms with E-state index < -0.39 is 10.8 Å². The van der Waals surface area contributed by atoms with Crippen molar-refractivity contribution in [3.8, 4) is 0 Å². The van der Waals surface area contributed by atoms with Crippen molar-refractivity contribution in [2.75, 3.05) is 12.3 Å². The molecule has 0 saturated carbocycles. The molecule has 0 aliphatic heterocycles. The van der Waals surface area contributed by atoms with Crippen LogP contribution in [0.25, 0.3) is 0 Å². The first kappa shape index (κ1) is 19.2. The fourth-order valence-corrected chi connectivity index (χ4v) is 1.94. The number of hydrogen-bond acceptors (Lipinski definition) is 3. The first-order valence-corrected chi connectivity index (χ1v) is 6.96. The van der Waals surface area contributed by atoms with E-state index in [0.29, 0.717) is 25.1 Å². The van der Waals surface area contributed by atoms with Gasteiger partial charge >= 0.3 is 0 Å². The maximum Gasteiger partial charge on any atom is 0.220 e. The quantitative estimate of drug-likeness (QED) is 0.770.